The molecule has 146 valence electrons. The topological polar surface area (TPSA) is 77.6 Å². The van der Waals surface area contributed by atoms with E-state index >= 15 is 0 Å². The summed E-state index contributed by atoms with van der Waals surface area (Å²) in [5.41, 5.74) is 3.33. The minimum absolute atomic E-state index is 0.164. The van der Waals surface area contributed by atoms with E-state index in [4.69, 9.17) is 11.6 Å². The maximum atomic E-state index is 12.5. The van der Waals surface area contributed by atoms with Crippen molar-refractivity contribution in [2.45, 2.75) is 5.16 Å². The molecule has 0 aliphatic rings. The fourth-order valence-electron chi connectivity index (χ4n) is 2.86. The van der Waals surface area contributed by atoms with Gasteiger partial charge in [0.25, 0.3) is 0 Å². The van der Waals surface area contributed by atoms with Crippen molar-refractivity contribution in [3.05, 3.63) is 72.4 Å². The number of amides is 1. The summed E-state index contributed by atoms with van der Waals surface area (Å²) in [5, 5.41) is 8.30. The molecule has 4 aromatic rings. The van der Waals surface area contributed by atoms with Crippen LogP contribution >= 0.6 is 23.4 Å². The molecule has 29 heavy (non-hydrogen) atoms. The predicted octanol–water partition coefficient (Wildman–Crippen LogP) is 4.05. The molecule has 2 heterocycles. The number of nitrogens with one attached hydrogen (secondary N) is 1. The quantitative estimate of drug-likeness (QED) is 0.472. The minimum atomic E-state index is -0.164. The van der Waals surface area contributed by atoms with E-state index < -0.39 is 0 Å². The third-order valence-corrected chi connectivity index (χ3v) is 5.52. The van der Waals surface area contributed by atoms with Gasteiger partial charge in [0.2, 0.25) is 5.91 Å². The van der Waals surface area contributed by atoms with Gasteiger partial charge < -0.3 is 9.88 Å². The molecule has 7 nitrogen and oxygen atoms in total. The first kappa shape index (κ1) is 19.2. The summed E-state index contributed by atoms with van der Waals surface area (Å²) in [6.45, 7) is 0. The lowest BCUT2D eigenvalue weighted by Crippen LogP contribution is -2.16. The first-order valence-electron chi connectivity index (χ1n) is 8.76. The van der Waals surface area contributed by atoms with E-state index in [-0.39, 0.29) is 11.7 Å². The molecule has 2 aromatic heterocycles. The molecule has 0 aliphatic carbocycles. The summed E-state index contributed by atoms with van der Waals surface area (Å²) in [4.78, 5) is 20.9. The third-order valence-electron chi connectivity index (χ3n) is 4.25. The minimum Gasteiger partial charge on any atom is -0.323 e. The lowest BCUT2D eigenvalue weighted by molar-refractivity contribution is -0.113. The summed E-state index contributed by atoms with van der Waals surface area (Å²) in [6, 6.07) is 15.2. The van der Waals surface area contributed by atoms with Gasteiger partial charge >= 0.3 is 0 Å². The highest BCUT2D eigenvalue weighted by Gasteiger charge is 2.13. The molecular formula is C20H17ClN6OS. The Balaban J connectivity index is 1.46. The summed E-state index contributed by atoms with van der Waals surface area (Å²) in [6.07, 6.45) is 4.81. The summed E-state index contributed by atoms with van der Waals surface area (Å²) in [5.74, 6) is 0.0467. The van der Waals surface area contributed by atoms with Crippen LogP contribution in [0.2, 0.25) is 5.02 Å². The largest absolute Gasteiger partial charge is 0.323 e. The highest BCUT2D eigenvalue weighted by atomic mass is 35.5. The van der Waals surface area contributed by atoms with E-state index in [1.807, 2.05) is 48.1 Å². The molecule has 0 saturated heterocycles. The van der Waals surface area contributed by atoms with Crippen molar-refractivity contribution >= 4 is 35.0 Å². The van der Waals surface area contributed by atoms with Gasteiger partial charge in [-0.2, -0.15) is 5.10 Å². The molecule has 2 aromatic carbocycles. The van der Waals surface area contributed by atoms with Crippen LogP contribution in [0.25, 0.3) is 16.9 Å². The van der Waals surface area contributed by atoms with Crippen LogP contribution in [-0.4, -0.2) is 36.0 Å². The Bertz CT molecular complexity index is 1130. The first-order chi connectivity index (χ1) is 14.1. The van der Waals surface area contributed by atoms with Crippen LogP contribution in [0, 0.1) is 0 Å². The summed E-state index contributed by atoms with van der Waals surface area (Å²) >= 11 is 7.47. The maximum Gasteiger partial charge on any atom is 0.234 e. The molecule has 0 aliphatic heterocycles. The van der Waals surface area contributed by atoms with Crippen LogP contribution in [-0.2, 0) is 11.8 Å². The number of nitrogens with zero attached hydrogens (tertiary/aromatic N) is 5. The van der Waals surface area contributed by atoms with Gasteiger partial charge in [0, 0.05) is 12.1 Å². The number of thioether (sulfide) groups is 1. The molecular weight excluding hydrogens is 408 g/mol. The SMILES string of the molecule is Cn1c(-c2ccccc2)cnc1SCC(=O)Nc1cc(Cl)ccc1-n1cncn1. The Morgan fingerprint density at radius 3 is 2.79 bits per heavy atom. The van der Waals surface area contributed by atoms with Gasteiger partial charge in [-0.1, -0.05) is 53.7 Å². The fraction of sp³-hybridized carbons (Fsp3) is 0.100. The molecule has 0 saturated carbocycles. The number of hydrogen-bond acceptors (Lipinski definition) is 5. The Morgan fingerprint density at radius 1 is 1.21 bits per heavy atom. The van der Waals surface area contributed by atoms with E-state index in [0.717, 1.165) is 16.4 Å². The summed E-state index contributed by atoms with van der Waals surface area (Å²) < 4.78 is 3.55. The van der Waals surface area contributed by atoms with E-state index in [1.165, 1.54) is 18.1 Å². The van der Waals surface area contributed by atoms with Crippen molar-refractivity contribution in [1.29, 1.82) is 0 Å². The zero-order valence-corrected chi connectivity index (χ0v) is 17.1. The normalized spacial score (nSPS) is 10.8. The van der Waals surface area contributed by atoms with Gasteiger partial charge in [-0.15, -0.1) is 0 Å². The second kappa shape index (κ2) is 8.50. The number of aromatic nitrogens is 5. The van der Waals surface area contributed by atoms with Crippen LogP contribution < -0.4 is 5.32 Å². The second-order valence-corrected chi connectivity index (χ2v) is 7.57. The monoisotopic (exact) mass is 424 g/mol. The molecule has 9 heteroatoms. The van der Waals surface area contributed by atoms with Crippen LogP contribution in [0.4, 0.5) is 5.69 Å². The Labute approximate surface area is 176 Å². The fourth-order valence-corrected chi connectivity index (χ4v) is 3.78. The van der Waals surface area contributed by atoms with E-state index in [1.54, 1.807) is 29.2 Å². The molecule has 1 amide bonds. The molecule has 0 spiro atoms. The summed E-state index contributed by atoms with van der Waals surface area (Å²) in [7, 11) is 1.94. The van der Waals surface area contributed by atoms with Gasteiger partial charge in [0.05, 0.1) is 29.0 Å². The maximum absolute atomic E-state index is 12.5. The van der Waals surface area contributed by atoms with Gasteiger partial charge in [-0.05, 0) is 23.8 Å². The third kappa shape index (κ3) is 4.33. The van der Waals surface area contributed by atoms with E-state index in [0.29, 0.717) is 16.4 Å². The molecule has 0 radical (unpaired) electrons. The number of hydrogen-bond donors (Lipinski definition) is 1. The Kier molecular flexibility index (Phi) is 5.64. The van der Waals surface area contributed by atoms with Crippen molar-refractivity contribution in [2.75, 3.05) is 11.1 Å². The molecule has 0 bridgehead atoms. The lowest BCUT2D eigenvalue weighted by atomic mass is 10.2. The average molecular weight is 425 g/mol. The average Bonchev–Trinajstić information content (AvgIpc) is 3.37. The van der Waals surface area contributed by atoms with Crippen LogP contribution in [0.1, 0.15) is 0 Å². The van der Waals surface area contributed by atoms with Crippen molar-refractivity contribution in [1.82, 2.24) is 24.3 Å². The van der Waals surface area contributed by atoms with Crippen LogP contribution in [0.15, 0.2) is 72.5 Å². The molecule has 0 unspecified atom stereocenters. The second-order valence-electron chi connectivity index (χ2n) is 6.19. The molecule has 0 fully saturated rings. The number of imidazole rings is 1. The smallest absolute Gasteiger partial charge is 0.234 e. The molecule has 0 atom stereocenters. The van der Waals surface area contributed by atoms with Gasteiger partial charge in [-0.3, -0.25) is 4.79 Å². The Morgan fingerprint density at radius 2 is 2.03 bits per heavy atom. The number of anilines is 1. The standard InChI is InChI=1S/C20H17ClN6OS/c1-26-18(14-5-3-2-4-6-14)10-23-20(26)29-11-19(28)25-16-9-15(21)7-8-17(16)27-13-22-12-24-27/h2-10,12-13H,11H2,1H3,(H,25,28). The van der Waals surface area contributed by atoms with E-state index in [2.05, 4.69) is 20.4 Å². The number of carbonyl (C=O) groups excluding carboxylic acids is 1. The lowest BCUT2D eigenvalue weighted by Gasteiger charge is -2.11. The number of carbonyl (C=O) groups is 1. The van der Waals surface area contributed by atoms with Gasteiger partial charge in [0.1, 0.15) is 12.7 Å². The first-order valence-corrected chi connectivity index (χ1v) is 10.1. The van der Waals surface area contributed by atoms with E-state index in [9.17, 15) is 4.79 Å². The van der Waals surface area contributed by atoms with Crippen molar-refractivity contribution in [3.8, 4) is 16.9 Å². The Hall–Kier alpha value is -3.10. The zero-order valence-electron chi connectivity index (χ0n) is 15.5. The molecule has 4 rings (SSSR count). The number of rotatable bonds is 6. The van der Waals surface area contributed by atoms with Crippen LogP contribution in [0.3, 0.4) is 0 Å². The number of benzene rings is 2. The highest BCUT2D eigenvalue weighted by molar-refractivity contribution is 7.99. The van der Waals surface area contributed by atoms with Crippen molar-refractivity contribution < 1.29 is 4.79 Å². The zero-order chi connectivity index (χ0) is 20.2. The van der Waals surface area contributed by atoms with Gasteiger partial charge in [0.15, 0.2) is 5.16 Å². The number of halogens is 1. The highest BCUT2D eigenvalue weighted by Crippen LogP contribution is 2.26. The predicted molar refractivity (Wildman–Crippen MR) is 114 cm³/mol. The molecule has 1 N–H and O–H groups in total. The van der Waals surface area contributed by atoms with Gasteiger partial charge in [-0.25, -0.2) is 14.6 Å². The van der Waals surface area contributed by atoms with Crippen LogP contribution in [0.5, 0.6) is 0 Å². The van der Waals surface area contributed by atoms with Crippen molar-refractivity contribution in [2.24, 2.45) is 7.05 Å². The van der Waals surface area contributed by atoms with Crippen molar-refractivity contribution in [3.63, 3.8) is 0 Å².